The number of carboxylic acid groups (broad SMARTS) is 1. The van der Waals surface area contributed by atoms with E-state index in [9.17, 15) is 4.79 Å². The molecule has 0 aliphatic heterocycles. The minimum Gasteiger partial charge on any atom is -0.492 e. The van der Waals surface area contributed by atoms with Crippen LogP contribution in [0.1, 0.15) is 19.4 Å². The maximum atomic E-state index is 10.7. The summed E-state index contributed by atoms with van der Waals surface area (Å²) in [5.74, 6) is -0.0696. The van der Waals surface area contributed by atoms with E-state index in [1.807, 2.05) is 44.2 Å². The molecule has 1 N–H and O–H groups in total. The molecule has 0 fully saturated rings. The van der Waals surface area contributed by atoms with Gasteiger partial charge in [-0.1, -0.05) is 36.4 Å². The Kier molecular flexibility index (Phi) is 7.63. The third-order valence-electron chi connectivity index (χ3n) is 3.88. The molecule has 0 amide bonds. The molecule has 5 nitrogen and oxygen atoms in total. The number of carboxylic acids is 1. The zero-order chi connectivity index (χ0) is 18.9. The molecule has 0 aromatic heterocycles. The average molecular weight is 357 g/mol. The lowest BCUT2D eigenvalue weighted by Gasteiger charge is -2.17. The number of likely N-dealkylation sites (N-methyl/N-ethyl adjacent to an activating group) is 1. The molecule has 0 aliphatic rings. The number of rotatable bonds is 10. The van der Waals surface area contributed by atoms with Crippen LogP contribution in [0, 0.1) is 0 Å². The summed E-state index contributed by atoms with van der Waals surface area (Å²) in [5.41, 5.74) is 3.25. The van der Waals surface area contributed by atoms with Gasteiger partial charge in [-0.2, -0.15) is 0 Å². The fourth-order valence-electron chi connectivity index (χ4n) is 2.52. The maximum Gasteiger partial charge on any atom is 0.317 e. The first-order valence-electron chi connectivity index (χ1n) is 8.79. The SMILES string of the molecule is CC(C)OCc1cc(-c2ccccc2)ccc1OCCN(C)CC(=O)O. The first kappa shape index (κ1) is 19.9. The quantitative estimate of drug-likeness (QED) is 0.703. The highest BCUT2D eigenvalue weighted by Gasteiger charge is 2.10. The number of ether oxygens (including phenoxy) is 2. The number of aliphatic carboxylic acids is 1. The van der Waals surface area contributed by atoms with E-state index in [4.69, 9.17) is 14.6 Å². The molecule has 0 atom stereocenters. The van der Waals surface area contributed by atoms with Gasteiger partial charge in [0.2, 0.25) is 0 Å². The molecule has 0 saturated carbocycles. The number of hydrogen-bond donors (Lipinski definition) is 1. The van der Waals surface area contributed by atoms with Crippen molar-refractivity contribution in [3.63, 3.8) is 0 Å². The molecule has 2 aromatic rings. The number of carbonyl (C=O) groups is 1. The van der Waals surface area contributed by atoms with E-state index < -0.39 is 5.97 Å². The highest BCUT2D eigenvalue weighted by molar-refractivity contribution is 5.69. The van der Waals surface area contributed by atoms with Crippen LogP contribution in [-0.2, 0) is 16.1 Å². The Balaban J connectivity index is 2.09. The zero-order valence-corrected chi connectivity index (χ0v) is 15.6. The van der Waals surface area contributed by atoms with Gasteiger partial charge in [-0.3, -0.25) is 9.69 Å². The first-order chi connectivity index (χ1) is 12.5. The monoisotopic (exact) mass is 357 g/mol. The van der Waals surface area contributed by atoms with Gasteiger partial charge in [-0.15, -0.1) is 0 Å². The molecule has 26 heavy (non-hydrogen) atoms. The average Bonchev–Trinajstić information content (AvgIpc) is 2.60. The summed E-state index contributed by atoms with van der Waals surface area (Å²) >= 11 is 0. The Morgan fingerprint density at radius 3 is 2.50 bits per heavy atom. The van der Waals surface area contributed by atoms with Gasteiger partial charge in [0.1, 0.15) is 12.4 Å². The van der Waals surface area contributed by atoms with Crippen LogP contribution < -0.4 is 4.74 Å². The molecule has 5 heteroatoms. The molecule has 2 rings (SSSR count). The van der Waals surface area contributed by atoms with Gasteiger partial charge in [0.25, 0.3) is 0 Å². The van der Waals surface area contributed by atoms with E-state index in [0.717, 1.165) is 22.4 Å². The smallest absolute Gasteiger partial charge is 0.317 e. The summed E-state index contributed by atoms with van der Waals surface area (Å²) in [6, 6.07) is 16.3. The highest BCUT2D eigenvalue weighted by Crippen LogP contribution is 2.27. The second-order valence-electron chi connectivity index (χ2n) is 6.53. The van der Waals surface area contributed by atoms with Crippen molar-refractivity contribution in [1.82, 2.24) is 4.90 Å². The molecule has 0 spiro atoms. The van der Waals surface area contributed by atoms with E-state index in [1.54, 1.807) is 11.9 Å². The molecule has 0 unspecified atom stereocenters. The largest absolute Gasteiger partial charge is 0.492 e. The Bertz CT molecular complexity index is 700. The maximum absolute atomic E-state index is 10.7. The molecule has 140 valence electrons. The van der Waals surface area contributed by atoms with Crippen LogP contribution in [0.4, 0.5) is 0 Å². The minimum absolute atomic E-state index is 0.000374. The number of nitrogens with zero attached hydrogens (tertiary/aromatic N) is 1. The normalized spacial score (nSPS) is 11.1. The van der Waals surface area contributed by atoms with Gasteiger partial charge in [0.15, 0.2) is 0 Å². The van der Waals surface area contributed by atoms with E-state index in [2.05, 4.69) is 18.2 Å². The summed E-state index contributed by atoms with van der Waals surface area (Å²) in [6.07, 6.45) is 0.130. The van der Waals surface area contributed by atoms with Crippen molar-refractivity contribution in [2.75, 3.05) is 26.7 Å². The van der Waals surface area contributed by atoms with Gasteiger partial charge in [0, 0.05) is 12.1 Å². The van der Waals surface area contributed by atoms with Crippen LogP contribution in [0.15, 0.2) is 48.5 Å². The molecular weight excluding hydrogens is 330 g/mol. The third kappa shape index (κ3) is 6.50. The summed E-state index contributed by atoms with van der Waals surface area (Å²) in [4.78, 5) is 12.4. The lowest BCUT2D eigenvalue weighted by molar-refractivity contribution is -0.138. The predicted molar refractivity (Wildman–Crippen MR) is 102 cm³/mol. The molecule has 0 bridgehead atoms. The molecule has 0 radical (unpaired) electrons. The second kappa shape index (κ2) is 9.94. The van der Waals surface area contributed by atoms with E-state index >= 15 is 0 Å². The number of benzene rings is 2. The van der Waals surface area contributed by atoms with Crippen molar-refractivity contribution in [3.8, 4) is 16.9 Å². The standard InChI is InChI=1S/C21H27NO4/c1-16(2)26-15-19-13-18(17-7-5-4-6-8-17)9-10-20(19)25-12-11-22(3)14-21(23)24/h4-10,13,16H,11-12,14-15H2,1-3H3,(H,23,24). The Labute approximate surface area is 155 Å². The van der Waals surface area contributed by atoms with Crippen molar-refractivity contribution in [2.24, 2.45) is 0 Å². The number of hydrogen-bond acceptors (Lipinski definition) is 4. The summed E-state index contributed by atoms with van der Waals surface area (Å²) < 4.78 is 11.7. The fraction of sp³-hybridized carbons (Fsp3) is 0.381. The minimum atomic E-state index is -0.842. The van der Waals surface area contributed by atoms with Crippen molar-refractivity contribution in [2.45, 2.75) is 26.6 Å². The van der Waals surface area contributed by atoms with Gasteiger partial charge >= 0.3 is 5.97 Å². The van der Waals surface area contributed by atoms with Crippen molar-refractivity contribution < 1.29 is 19.4 Å². The molecular formula is C21H27NO4. The molecule has 2 aromatic carbocycles. The van der Waals surface area contributed by atoms with Gasteiger partial charge in [-0.25, -0.2) is 0 Å². The van der Waals surface area contributed by atoms with E-state index in [-0.39, 0.29) is 12.6 Å². The summed E-state index contributed by atoms with van der Waals surface area (Å²) in [7, 11) is 1.76. The van der Waals surface area contributed by atoms with Crippen molar-refractivity contribution in [1.29, 1.82) is 0 Å². The first-order valence-corrected chi connectivity index (χ1v) is 8.79. The van der Waals surface area contributed by atoms with E-state index in [1.165, 1.54) is 0 Å². The van der Waals surface area contributed by atoms with Crippen molar-refractivity contribution in [3.05, 3.63) is 54.1 Å². The fourth-order valence-corrected chi connectivity index (χ4v) is 2.52. The van der Waals surface area contributed by atoms with Crippen LogP contribution in [0.5, 0.6) is 5.75 Å². The lowest BCUT2D eigenvalue weighted by Crippen LogP contribution is -2.29. The van der Waals surface area contributed by atoms with Crippen LogP contribution in [0.25, 0.3) is 11.1 Å². The van der Waals surface area contributed by atoms with Gasteiger partial charge < -0.3 is 14.6 Å². The predicted octanol–water partition coefficient (Wildman–Crippen LogP) is 3.67. The zero-order valence-electron chi connectivity index (χ0n) is 15.6. The molecule has 0 aliphatic carbocycles. The van der Waals surface area contributed by atoms with Gasteiger partial charge in [-0.05, 0) is 44.2 Å². The van der Waals surface area contributed by atoms with Crippen LogP contribution in [0.2, 0.25) is 0 Å². The third-order valence-corrected chi connectivity index (χ3v) is 3.88. The topological polar surface area (TPSA) is 59.0 Å². The van der Waals surface area contributed by atoms with Gasteiger partial charge in [0.05, 0.1) is 19.3 Å². The van der Waals surface area contributed by atoms with E-state index in [0.29, 0.717) is 19.8 Å². The van der Waals surface area contributed by atoms with Crippen LogP contribution in [0.3, 0.4) is 0 Å². The highest BCUT2D eigenvalue weighted by atomic mass is 16.5. The summed E-state index contributed by atoms with van der Waals surface area (Å²) in [5, 5.41) is 8.81. The molecule has 0 saturated heterocycles. The Morgan fingerprint density at radius 2 is 1.85 bits per heavy atom. The Hall–Kier alpha value is -2.37. The van der Waals surface area contributed by atoms with Crippen molar-refractivity contribution >= 4 is 5.97 Å². The van der Waals surface area contributed by atoms with Crippen LogP contribution >= 0.6 is 0 Å². The summed E-state index contributed by atoms with van der Waals surface area (Å²) in [6.45, 7) is 5.43. The second-order valence-corrected chi connectivity index (χ2v) is 6.53. The molecule has 0 heterocycles. The Morgan fingerprint density at radius 1 is 1.12 bits per heavy atom. The lowest BCUT2D eigenvalue weighted by atomic mass is 10.0. The van der Waals surface area contributed by atoms with Crippen LogP contribution in [-0.4, -0.2) is 48.8 Å².